The quantitative estimate of drug-likeness (QED) is 0.252. The van der Waals surface area contributed by atoms with E-state index in [2.05, 4.69) is 23.3 Å². The lowest BCUT2D eigenvalue weighted by Crippen LogP contribution is -2.49. The monoisotopic (exact) mass is 306 g/mol. The van der Waals surface area contributed by atoms with Crippen molar-refractivity contribution in [2.24, 2.45) is 11.5 Å². The number of carbonyl (C=O) groups is 4. The zero-order valence-electron chi connectivity index (χ0n) is 10.7. The molecule has 0 rings (SSSR count). The average Bonchev–Trinajstić information content (AvgIpc) is 2.38. The predicted octanol–water partition coefficient (Wildman–Crippen LogP) is -2.81. The molecule has 0 spiro atoms. The van der Waals surface area contributed by atoms with E-state index < -0.39 is 35.8 Å². The Bertz CT molecular complexity index is 390. The maximum absolute atomic E-state index is 11.6. The Morgan fingerprint density at radius 2 is 1.85 bits per heavy atom. The second kappa shape index (κ2) is 9.15. The highest BCUT2D eigenvalue weighted by Gasteiger charge is 2.20. The van der Waals surface area contributed by atoms with Crippen molar-refractivity contribution in [3.8, 4) is 0 Å². The Kier molecular flexibility index (Phi) is 8.32. The maximum atomic E-state index is 11.6. The molecule has 7 N–H and O–H groups in total. The number of thiol groups is 1. The van der Waals surface area contributed by atoms with Gasteiger partial charge >= 0.3 is 5.97 Å². The van der Waals surface area contributed by atoms with Gasteiger partial charge in [0.15, 0.2) is 0 Å². The molecule has 0 saturated carbocycles. The molecule has 114 valence electrons. The Balaban J connectivity index is 4.21. The van der Waals surface area contributed by atoms with E-state index in [0.29, 0.717) is 0 Å². The number of carbonyl (C=O) groups excluding carboxylic acids is 3. The van der Waals surface area contributed by atoms with E-state index in [0.717, 1.165) is 0 Å². The molecule has 3 amide bonds. The summed E-state index contributed by atoms with van der Waals surface area (Å²) < 4.78 is 0. The van der Waals surface area contributed by atoms with E-state index >= 15 is 0 Å². The Hall–Kier alpha value is -1.81. The number of carboxylic acids is 1. The molecule has 9 nitrogen and oxygen atoms in total. The van der Waals surface area contributed by atoms with Crippen LogP contribution in [0.3, 0.4) is 0 Å². The minimum atomic E-state index is -1.21. The summed E-state index contributed by atoms with van der Waals surface area (Å²) in [5.41, 5.74) is 10.1. The zero-order valence-corrected chi connectivity index (χ0v) is 11.6. The first-order chi connectivity index (χ1) is 9.27. The second-order valence-corrected chi connectivity index (χ2v) is 4.34. The normalized spacial score (nSPS) is 13.1. The first-order valence-electron chi connectivity index (χ1n) is 5.72. The van der Waals surface area contributed by atoms with E-state index in [1.807, 2.05) is 0 Å². The molecule has 0 aliphatic carbocycles. The summed E-state index contributed by atoms with van der Waals surface area (Å²) in [7, 11) is 0. The molecular formula is C10H18N4O5S. The lowest BCUT2D eigenvalue weighted by molar-refractivity contribution is -0.138. The van der Waals surface area contributed by atoms with Gasteiger partial charge in [-0.2, -0.15) is 12.6 Å². The summed E-state index contributed by atoms with van der Waals surface area (Å²) in [5, 5.41) is 13.1. The van der Waals surface area contributed by atoms with Crippen LogP contribution in [0.15, 0.2) is 0 Å². The third-order valence-corrected chi connectivity index (χ3v) is 2.64. The smallest absolute Gasteiger partial charge is 0.320 e. The SMILES string of the molecule is NC(=O)CNC(=O)[C@@H](CS)NC(=O)CC[C@@H](N)C(=O)O. The van der Waals surface area contributed by atoms with Crippen molar-refractivity contribution in [1.29, 1.82) is 0 Å². The predicted molar refractivity (Wildman–Crippen MR) is 72.8 cm³/mol. The summed E-state index contributed by atoms with van der Waals surface area (Å²) in [5.74, 6) is -3.04. The van der Waals surface area contributed by atoms with E-state index in [1.54, 1.807) is 0 Å². The molecular weight excluding hydrogens is 288 g/mol. The third kappa shape index (κ3) is 7.59. The molecule has 0 aliphatic heterocycles. The number of nitrogens with one attached hydrogen (secondary N) is 2. The van der Waals surface area contributed by atoms with E-state index in [1.165, 1.54) is 0 Å². The highest BCUT2D eigenvalue weighted by atomic mass is 32.1. The molecule has 0 aliphatic rings. The van der Waals surface area contributed by atoms with Gasteiger partial charge in [-0.3, -0.25) is 19.2 Å². The van der Waals surface area contributed by atoms with Crippen LogP contribution in [0.4, 0.5) is 0 Å². The van der Waals surface area contributed by atoms with Gasteiger partial charge in [-0.1, -0.05) is 0 Å². The highest BCUT2D eigenvalue weighted by Crippen LogP contribution is 1.97. The number of primary amides is 1. The van der Waals surface area contributed by atoms with Crippen LogP contribution in [-0.2, 0) is 19.2 Å². The molecule has 0 saturated heterocycles. The Morgan fingerprint density at radius 3 is 2.30 bits per heavy atom. The van der Waals surface area contributed by atoms with Crippen molar-refractivity contribution in [3.05, 3.63) is 0 Å². The first kappa shape index (κ1) is 18.2. The molecule has 0 aromatic rings. The maximum Gasteiger partial charge on any atom is 0.320 e. The van der Waals surface area contributed by atoms with Crippen LogP contribution in [0.2, 0.25) is 0 Å². The number of carboxylic acid groups (broad SMARTS) is 1. The highest BCUT2D eigenvalue weighted by molar-refractivity contribution is 7.80. The molecule has 0 bridgehead atoms. The molecule has 0 aromatic carbocycles. The molecule has 0 unspecified atom stereocenters. The lowest BCUT2D eigenvalue weighted by Gasteiger charge is -2.16. The molecule has 0 aromatic heterocycles. The van der Waals surface area contributed by atoms with Crippen LogP contribution in [0.1, 0.15) is 12.8 Å². The Labute approximate surface area is 120 Å². The van der Waals surface area contributed by atoms with Crippen molar-refractivity contribution in [2.75, 3.05) is 12.3 Å². The number of amides is 3. The minimum Gasteiger partial charge on any atom is -0.480 e. The topological polar surface area (TPSA) is 165 Å². The largest absolute Gasteiger partial charge is 0.480 e. The summed E-state index contributed by atoms with van der Waals surface area (Å²) in [6.07, 6.45) is -0.190. The van der Waals surface area contributed by atoms with Gasteiger partial charge in [0, 0.05) is 12.2 Å². The summed E-state index contributed by atoms with van der Waals surface area (Å²) in [4.78, 5) is 44.1. The van der Waals surface area contributed by atoms with Gasteiger partial charge in [0.2, 0.25) is 17.7 Å². The number of nitrogens with two attached hydrogens (primary N) is 2. The van der Waals surface area contributed by atoms with Crippen molar-refractivity contribution >= 4 is 36.3 Å². The van der Waals surface area contributed by atoms with Gasteiger partial charge in [0.25, 0.3) is 0 Å². The van der Waals surface area contributed by atoms with Crippen LogP contribution in [-0.4, -0.2) is 53.2 Å². The number of hydrogen-bond acceptors (Lipinski definition) is 6. The first-order valence-corrected chi connectivity index (χ1v) is 6.35. The van der Waals surface area contributed by atoms with Gasteiger partial charge in [-0.25, -0.2) is 0 Å². The van der Waals surface area contributed by atoms with Crippen LogP contribution >= 0.6 is 12.6 Å². The van der Waals surface area contributed by atoms with Crippen molar-refractivity contribution < 1.29 is 24.3 Å². The molecule has 20 heavy (non-hydrogen) atoms. The molecule has 0 heterocycles. The van der Waals surface area contributed by atoms with Gasteiger partial charge in [-0.15, -0.1) is 0 Å². The fourth-order valence-corrected chi connectivity index (χ4v) is 1.43. The van der Waals surface area contributed by atoms with E-state index in [9.17, 15) is 19.2 Å². The average molecular weight is 306 g/mol. The number of hydrogen-bond donors (Lipinski definition) is 6. The summed E-state index contributed by atoms with van der Waals surface area (Å²) in [6.45, 7) is -0.344. The fraction of sp³-hybridized carbons (Fsp3) is 0.600. The molecule has 0 fully saturated rings. The van der Waals surface area contributed by atoms with Crippen LogP contribution < -0.4 is 22.1 Å². The van der Waals surface area contributed by atoms with Gasteiger partial charge in [-0.05, 0) is 6.42 Å². The fourth-order valence-electron chi connectivity index (χ4n) is 1.17. The van der Waals surface area contributed by atoms with Crippen molar-refractivity contribution in [3.63, 3.8) is 0 Å². The lowest BCUT2D eigenvalue weighted by atomic mass is 10.1. The zero-order chi connectivity index (χ0) is 15.7. The van der Waals surface area contributed by atoms with Gasteiger partial charge in [0.1, 0.15) is 12.1 Å². The summed E-state index contributed by atoms with van der Waals surface area (Å²) in [6, 6.07) is -2.08. The van der Waals surface area contributed by atoms with E-state index in [-0.39, 0.29) is 25.1 Å². The van der Waals surface area contributed by atoms with Gasteiger partial charge < -0.3 is 27.2 Å². The summed E-state index contributed by atoms with van der Waals surface area (Å²) >= 11 is 3.91. The second-order valence-electron chi connectivity index (χ2n) is 3.97. The van der Waals surface area contributed by atoms with Gasteiger partial charge in [0.05, 0.1) is 6.54 Å². The minimum absolute atomic E-state index is 0.0152. The molecule has 2 atom stereocenters. The molecule has 10 heteroatoms. The van der Waals surface area contributed by atoms with E-state index in [4.69, 9.17) is 16.6 Å². The van der Waals surface area contributed by atoms with Crippen LogP contribution in [0, 0.1) is 0 Å². The Morgan fingerprint density at radius 1 is 1.25 bits per heavy atom. The van der Waals surface area contributed by atoms with Crippen LogP contribution in [0.25, 0.3) is 0 Å². The van der Waals surface area contributed by atoms with Crippen molar-refractivity contribution in [1.82, 2.24) is 10.6 Å². The standard InChI is InChI=1S/C10H18N4O5S/c11-5(10(18)19)1-2-8(16)14-6(4-20)9(17)13-3-7(12)15/h5-6,20H,1-4,11H2,(H2,12,15)(H,13,17)(H,14,16)(H,18,19)/t5-,6-/m1/s1. The number of aliphatic carboxylic acids is 1. The number of rotatable bonds is 9. The molecule has 0 radical (unpaired) electrons. The van der Waals surface area contributed by atoms with Crippen molar-refractivity contribution in [2.45, 2.75) is 24.9 Å². The third-order valence-electron chi connectivity index (χ3n) is 2.27. The van der Waals surface area contributed by atoms with Crippen LogP contribution in [0.5, 0.6) is 0 Å².